The van der Waals surface area contributed by atoms with Gasteiger partial charge in [-0.25, -0.2) is 0 Å². The molecule has 0 saturated carbocycles. The zero-order valence-corrected chi connectivity index (χ0v) is 14.8. The molecule has 0 aliphatic carbocycles. The number of benzene rings is 1. The number of aromatic nitrogens is 3. The molecular weight excluding hydrogens is 332 g/mol. The van der Waals surface area contributed by atoms with Crippen molar-refractivity contribution in [3.05, 3.63) is 41.7 Å². The summed E-state index contributed by atoms with van der Waals surface area (Å²) in [6.45, 7) is 2.21. The number of amides is 1. The van der Waals surface area contributed by atoms with Gasteiger partial charge in [0.05, 0.1) is 12.8 Å². The third-order valence-corrected chi connectivity index (χ3v) is 5.31. The van der Waals surface area contributed by atoms with Crippen molar-refractivity contribution in [3.8, 4) is 5.75 Å². The Kier molecular flexibility index (Phi) is 4.88. The fourth-order valence-corrected chi connectivity index (χ4v) is 3.80. The molecule has 1 aromatic heterocycles. The van der Waals surface area contributed by atoms with Crippen LogP contribution in [-0.4, -0.2) is 50.1 Å². The summed E-state index contributed by atoms with van der Waals surface area (Å²) in [7, 11) is 0. The summed E-state index contributed by atoms with van der Waals surface area (Å²) in [6, 6.07) is 7.96. The minimum Gasteiger partial charge on any atom is -0.480 e. The van der Waals surface area contributed by atoms with Gasteiger partial charge in [-0.1, -0.05) is 23.4 Å². The van der Waals surface area contributed by atoms with E-state index >= 15 is 0 Å². The zero-order valence-electron chi connectivity index (χ0n) is 14.8. The molecule has 7 nitrogen and oxygen atoms in total. The van der Waals surface area contributed by atoms with Crippen LogP contribution in [0.2, 0.25) is 0 Å². The molecule has 0 bridgehead atoms. The average Bonchev–Trinajstić information content (AvgIpc) is 3.15. The highest BCUT2D eigenvalue weighted by molar-refractivity contribution is 5.81. The van der Waals surface area contributed by atoms with Crippen molar-refractivity contribution in [1.29, 1.82) is 0 Å². The molecule has 26 heavy (non-hydrogen) atoms. The number of para-hydroxylation sites is 1. The van der Waals surface area contributed by atoms with Crippen molar-refractivity contribution < 1.29 is 14.6 Å². The smallest absolute Gasteiger partial charge is 0.263 e. The minimum atomic E-state index is -0.358. The molecule has 1 aromatic carbocycles. The van der Waals surface area contributed by atoms with Gasteiger partial charge in [-0.3, -0.25) is 9.48 Å². The number of likely N-dealkylation sites (tertiary alicyclic amines) is 1. The second kappa shape index (κ2) is 7.45. The summed E-state index contributed by atoms with van der Waals surface area (Å²) in [5, 5.41) is 17.0. The van der Waals surface area contributed by atoms with Crippen molar-refractivity contribution in [2.24, 2.45) is 5.92 Å². The molecule has 0 spiro atoms. The molecule has 0 radical (unpaired) electrons. The normalized spacial score (nSPS) is 20.5. The molecule has 2 aromatic rings. The van der Waals surface area contributed by atoms with Gasteiger partial charge >= 0.3 is 0 Å². The number of hydrogen-bond acceptors (Lipinski definition) is 5. The number of ether oxygens (including phenoxy) is 1. The Balaban J connectivity index is 1.30. The standard InChI is InChI=1S/C19H24N4O3/c24-13-16-12-23(21-20-16)11-14-7-9-22(10-8-14)19(25)18-6-5-15-3-1-2-4-17(15)26-18/h1-4,12,14,18,24H,5-11,13H2/t18-/m1/s1. The molecule has 2 aliphatic rings. The van der Waals surface area contributed by atoms with Crippen molar-refractivity contribution in [3.63, 3.8) is 0 Å². The largest absolute Gasteiger partial charge is 0.480 e. The summed E-state index contributed by atoms with van der Waals surface area (Å²) in [4.78, 5) is 14.8. The maximum absolute atomic E-state index is 12.8. The number of fused-ring (bicyclic) bond motifs is 1. The molecule has 7 heteroatoms. The summed E-state index contributed by atoms with van der Waals surface area (Å²) in [5.74, 6) is 1.43. The Morgan fingerprint density at radius 1 is 1.23 bits per heavy atom. The van der Waals surface area contributed by atoms with Crippen molar-refractivity contribution in [2.45, 2.75) is 44.9 Å². The van der Waals surface area contributed by atoms with Crippen LogP contribution >= 0.6 is 0 Å². The van der Waals surface area contributed by atoms with E-state index < -0.39 is 0 Å². The Labute approximate surface area is 152 Å². The van der Waals surface area contributed by atoms with Crippen LogP contribution in [0, 0.1) is 5.92 Å². The molecule has 3 heterocycles. The van der Waals surface area contributed by atoms with E-state index in [1.807, 2.05) is 23.1 Å². The van der Waals surface area contributed by atoms with Crippen LogP contribution in [0.15, 0.2) is 30.5 Å². The van der Waals surface area contributed by atoms with Crippen LogP contribution < -0.4 is 4.74 Å². The lowest BCUT2D eigenvalue weighted by molar-refractivity contribution is -0.141. The van der Waals surface area contributed by atoms with Gasteiger partial charge in [-0.15, -0.1) is 5.10 Å². The zero-order chi connectivity index (χ0) is 17.9. The minimum absolute atomic E-state index is 0.0858. The SMILES string of the molecule is O=C([C@H]1CCc2ccccc2O1)N1CCC(Cn2cc(CO)nn2)CC1. The number of aliphatic hydroxyl groups excluding tert-OH is 1. The Morgan fingerprint density at radius 3 is 2.81 bits per heavy atom. The van der Waals surface area contributed by atoms with Crippen LogP contribution in [-0.2, 0) is 24.4 Å². The fourth-order valence-electron chi connectivity index (χ4n) is 3.80. The van der Waals surface area contributed by atoms with Gasteiger partial charge in [0.2, 0.25) is 0 Å². The summed E-state index contributed by atoms with van der Waals surface area (Å²) in [6.07, 6.45) is 4.96. The first-order valence-corrected chi connectivity index (χ1v) is 9.26. The van der Waals surface area contributed by atoms with Crippen LogP contribution in [0.25, 0.3) is 0 Å². The van der Waals surface area contributed by atoms with Gasteiger partial charge in [-0.2, -0.15) is 0 Å². The second-order valence-electron chi connectivity index (χ2n) is 7.11. The summed E-state index contributed by atoms with van der Waals surface area (Å²) in [5.41, 5.74) is 1.78. The molecule has 1 fully saturated rings. The molecule has 1 amide bonds. The monoisotopic (exact) mass is 356 g/mol. The van der Waals surface area contributed by atoms with Gasteiger partial charge in [0.15, 0.2) is 6.10 Å². The van der Waals surface area contributed by atoms with Gasteiger partial charge in [0.25, 0.3) is 5.91 Å². The van der Waals surface area contributed by atoms with Gasteiger partial charge in [0, 0.05) is 19.6 Å². The molecule has 2 aliphatic heterocycles. The van der Waals surface area contributed by atoms with Crippen LogP contribution in [0.1, 0.15) is 30.5 Å². The quantitative estimate of drug-likeness (QED) is 0.896. The Bertz CT molecular complexity index is 768. The Morgan fingerprint density at radius 2 is 2.04 bits per heavy atom. The van der Waals surface area contributed by atoms with E-state index in [0.29, 0.717) is 11.6 Å². The van der Waals surface area contributed by atoms with E-state index in [1.54, 1.807) is 10.9 Å². The van der Waals surface area contributed by atoms with Crippen LogP contribution in [0.5, 0.6) is 5.75 Å². The summed E-state index contributed by atoms with van der Waals surface area (Å²) < 4.78 is 7.73. The highest BCUT2D eigenvalue weighted by Crippen LogP contribution is 2.29. The first-order valence-electron chi connectivity index (χ1n) is 9.26. The third kappa shape index (κ3) is 3.58. The predicted molar refractivity (Wildman–Crippen MR) is 94.4 cm³/mol. The highest BCUT2D eigenvalue weighted by atomic mass is 16.5. The van der Waals surface area contributed by atoms with E-state index in [9.17, 15) is 4.79 Å². The van der Waals surface area contributed by atoms with Crippen molar-refractivity contribution in [2.75, 3.05) is 13.1 Å². The maximum Gasteiger partial charge on any atom is 0.263 e. The number of carbonyl (C=O) groups excluding carboxylic acids is 1. The lowest BCUT2D eigenvalue weighted by Gasteiger charge is -2.35. The van der Waals surface area contributed by atoms with E-state index in [4.69, 9.17) is 9.84 Å². The molecule has 1 saturated heterocycles. The topological polar surface area (TPSA) is 80.5 Å². The molecule has 0 unspecified atom stereocenters. The molecule has 138 valence electrons. The van der Waals surface area contributed by atoms with E-state index in [0.717, 1.165) is 51.1 Å². The first kappa shape index (κ1) is 17.0. The highest BCUT2D eigenvalue weighted by Gasteiger charge is 2.32. The van der Waals surface area contributed by atoms with E-state index in [2.05, 4.69) is 16.4 Å². The summed E-state index contributed by atoms with van der Waals surface area (Å²) >= 11 is 0. The van der Waals surface area contributed by atoms with E-state index in [1.165, 1.54) is 5.56 Å². The van der Waals surface area contributed by atoms with Crippen LogP contribution in [0.4, 0.5) is 0 Å². The van der Waals surface area contributed by atoms with Gasteiger partial charge < -0.3 is 14.7 Å². The lowest BCUT2D eigenvalue weighted by atomic mass is 9.95. The molecule has 4 rings (SSSR count). The molecular formula is C19H24N4O3. The van der Waals surface area contributed by atoms with Gasteiger partial charge in [0.1, 0.15) is 11.4 Å². The number of nitrogens with zero attached hydrogens (tertiary/aromatic N) is 4. The van der Waals surface area contributed by atoms with Gasteiger partial charge in [-0.05, 0) is 43.2 Å². The predicted octanol–water partition coefficient (Wildman–Crippen LogP) is 1.40. The third-order valence-electron chi connectivity index (χ3n) is 5.31. The van der Waals surface area contributed by atoms with E-state index in [-0.39, 0.29) is 18.6 Å². The number of piperidine rings is 1. The number of rotatable bonds is 4. The average molecular weight is 356 g/mol. The van der Waals surface area contributed by atoms with Crippen LogP contribution in [0.3, 0.4) is 0 Å². The lowest BCUT2D eigenvalue weighted by Crippen LogP contribution is -2.47. The number of aryl methyl sites for hydroxylation is 1. The fraction of sp³-hybridized carbons (Fsp3) is 0.526. The second-order valence-corrected chi connectivity index (χ2v) is 7.11. The van der Waals surface area contributed by atoms with Crippen molar-refractivity contribution in [1.82, 2.24) is 19.9 Å². The molecule has 1 N–H and O–H groups in total. The maximum atomic E-state index is 12.8. The number of hydrogen-bond donors (Lipinski definition) is 1. The Hall–Kier alpha value is -2.41. The van der Waals surface area contributed by atoms with Crippen molar-refractivity contribution >= 4 is 5.91 Å². The molecule has 1 atom stereocenters. The number of aliphatic hydroxyl groups is 1. The number of carbonyl (C=O) groups is 1. The first-order chi connectivity index (χ1) is 12.7.